The normalized spacial score (nSPS) is 15.5. The Morgan fingerprint density at radius 1 is 0.853 bits per heavy atom. The first kappa shape index (κ1) is 19.7. The highest BCUT2D eigenvalue weighted by Gasteiger charge is 2.26. The molecule has 3 heterocycles. The molecule has 0 atom stereocenters. The number of aryl methyl sites for hydroxylation is 2. The molecule has 0 unspecified atom stereocenters. The summed E-state index contributed by atoms with van der Waals surface area (Å²) < 4.78 is 14.5. The van der Waals surface area contributed by atoms with Crippen molar-refractivity contribution in [2.45, 2.75) is 45.7 Å². The molecule has 3 aromatic carbocycles. The van der Waals surface area contributed by atoms with Crippen molar-refractivity contribution < 1.29 is 9.15 Å². The smallest absolute Gasteiger partial charge is 0.339 e. The van der Waals surface area contributed by atoms with Gasteiger partial charge in [0.05, 0.1) is 12.1 Å². The second-order valence-electron chi connectivity index (χ2n) is 9.41. The molecular weight excluding hydrogens is 424 g/mol. The van der Waals surface area contributed by atoms with Crippen molar-refractivity contribution in [1.29, 1.82) is 0 Å². The lowest BCUT2D eigenvalue weighted by Gasteiger charge is -2.31. The molecular formula is C29H26N2O3. The van der Waals surface area contributed by atoms with E-state index in [4.69, 9.17) is 9.15 Å². The van der Waals surface area contributed by atoms with E-state index in [9.17, 15) is 4.79 Å². The quantitative estimate of drug-likeness (QED) is 0.302. The van der Waals surface area contributed by atoms with Gasteiger partial charge in [0, 0.05) is 45.0 Å². The molecule has 0 saturated carbocycles. The van der Waals surface area contributed by atoms with Crippen LogP contribution in [-0.2, 0) is 25.9 Å². The van der Waals surface area contributed by atoms with Crippen molar-refractivity contribution in [3.63, 3.8) is 0 Å². The van der Waals surface area contributed by atoms with E-state index in [2.05, 4.69) is 64.9 Å². The average molecular weight is 451 g/mol. The number of hydrogen-bond donors (Lipinski definition) is 0. The first-order valence-corrected chi connectivity index (χ1v) is 12.2. The first-order chi connectivity index (χ1) is 16.7. The van der Waals surface area contributed by atoms with Gasteiger partial charge in [-0.15, -0.1) is 0 Å². The van der Waals surface area contributed by atoms with Crippen LogP contribution in [0.3, 0.4) is 0 Å². The summed E-state index contributed by atoms with van der Waals surface area (Å²) in [5.74, 6) is 0.811. The van der Waals surface area contributed by atoms with Gasteiger partial charge in [0.1, 0.15) is 11.3 Å². The summed E-state index contributed by atoms with van der Waals surface area (Å²) in [6.45, 7) is 4.23. The minimum absolute atomic E-state index is 0.179. The van der Waals surface area contributed by atoms with E-state index in [1.807, 2.05) is 6.07 Å². The summed E-state index contributed by atoms with van der Waals surface area (Å²) in [7, 11) is 0. The van der Waals surface area contributed by atoms with Gasteiger partial charge in [-0.2, -0.15) is 0 Å². The van der Waals surface area contributed by atoms with E-state index < -0.39 is 0 Å². The fourth-order valence-electron chi connectivity index (χ4n) is 5.96. The van der Waals surface area contributed by atoms with Crippen LogP contribution in [0.5, 0.6) is 5.75 Å². The van der Waals surface area contributed by atoms with Gasteiger partial charge >= 0.3 is 5.63 Å². The van der Waals surface area contributed by atoms with Crippen LogP contribution in [0.15, 0.2) is 63.8 Å². The predicted octanol–water partition coefficient (Wildman–Crippen LogP) is 6.16. The van der Waals surface area contributed by atoms with Gasteiger partial charge in [-0.05, 0) is 74.6 Å². The number of para-hydroxylation sites is 1. The molecule has 5 nitrogen and oxygen atoms in total. The van der Waals surface area contributed by atoms with Gasteiger partial charge in [0.2, 0.25) is 0 Å². The van der Waals surface area contributed by atoms with E-state index >= 15 is 0 Å². The van der Waals surface area contributed by atoms with Gasteiger partial charge < -0.3 is 18.6 Å². The SMILES string of the molecule is CCn1c2ccccc2c2cc(N3COc4ccc5c6c(c(=O)oc5c4C3)CCCC6)ccc21. The highest BCUT2D eigenvalue weighted by molar-refractivity contribution is 6.09. The zero-order chi connectivity index (χ0) is 22.8. The molecule has 0 bridgehead atoms. The lowest BCUT2D eigenvalue weighted by molar-refractivity contribution is 0.289. The maximum absolute atomic E-state index is 12.8. The maximum atomic E-state index is 12.8. The van der Waals surface area contributed by atoms with Crippen LogP contribution in [0.2, 0.25) is 0 Å². The Balaban J connectivity index is 1.35. The monoisotopic (exact) mass is 450 g/mol. The number of nitrogens with zero attached hydrogens (tertiary/aromatic N) is 2. The third kappa shape index (κ3) is 2.76. The van der Waals surface area contributed by atoms with Gasteiger partial charge in [-0.1, -0.05) is 18.2 Å². The Bertz CT molecular complexity index is 1660. The molecule has 1 aliphatic carbocycles. The topological polar surface area (TPSA) is 47.6 Å². The van der Waals surface area contributed by atoms with Crippen LogP contribution in [0.25, 0.3) is 32.8 Å². The molecule has 2 aliphatic rings. The summed E-state index contributed by atoms with van der Waals surface area (Å²) in [6.07, 6.45) is 3.94. The van der Waals surface area contributed by atoms with E-state index in [0.717, 1.165) is 60.2 Å². The van der Waals surface area contributed by atoms with Crippen molar-refractivity contribution in [2.75, 3.05) is 11.6 Å². The van der Waals surface area contributed by atoms with E-state index in [-0.39, 0.29) is 5.63 Å². The zero-order valence-corrected chi connectivity index (χ0v) is 19.3. The molecule has 0 N–H and O–H groups in total. The van der Waals surface area contributed by atoms with E-state index in [0.29, 0.717) is 18.9 Å². The number of fused-ring (bicyclic) bond motifs is 8. The third-order valence-electron chi connectivity index (χ3n) is 7.61. The molecule has 34 heavy (non-hydrogen) atoms. The highest BCUT2D eigenvalue weighted by Crippen LogP contribution is 2.38. The molecule has 1 aliphatic heterocycles. The minimum Gasteiger partial charge on any atom is -0.473 e. The van der Waals surface area contributed by atoms with E-state index in [1.54, 1.807) is 0 Å². The lowest BCUT2D eigenvalue weighted by atomic mass is 9.90. The maximum Gasteiger partial charge on any atom is 0.339 e. The molecule has 0 saturated heterocycles. The molecule has 2 aromatic heterocycles. The number of hydrogen-bond acceptors (Lipinski definition) is 4. The Morgan fingerprint density at radius 3 is 2.56 bits per heavy atom. The lowest BCUT2D eigenvalue weighted by Crippen LogP contribution is -2.32. The number of ether oxygens (including phenoxy) is 1. The fraction of sp³-hybridized carbons (Fsp3) is 0.276. The molecule has 0 amide bonds. The van der Waals surface area contributed by atoms with Crippen LogP contribution in [0, 0.1) is 0 Å². The average Bonchev–Trinajstić information content (AvgIpc) is 3.21. The predicted molar refractivity (Wildman–Crippen MR) is 136 cm³/mol. The van der Waals surface area contributed by atoms with Gasteiger partial charge in [0.15, 0.2) is 6.73 Å². The Labute approximate surface area is 197 Å². The van der Waals surface area contributed by atoms with Crippen molar-refractivity contribution in [2.24, 2.45) is 0 Å². The molecule has 0 radical (unpaired) electrons. The van der Waals surface area contributed by atoms with Crippen LogP contribution >= 0.6 is 0 Å². The molecule has 0 spiro atoms. The molecule has 5 aromatic rings. The molecule has 170 valence electrons. The summed E-state index contributed by atoms with van der Waals surface area (Å²) in [4.78, 5) is 15.0. The Kier molecular flexibility index (Phi) is 4.28. The number of aromatic nitrogens is 1. The number of rotatable bonds is 2. The summed E-state index contributed by atoms with van der Waals surface area (Å²) in [6, 6.07) is 19.3. The largest absolute Gasteiger partial charge is 0.473 e. The van der Waals surface area contributed by atoms with Crippen LogP contribution in [0.4, 0.5) is 5.69 Å². The van der Waals surface area contributed by atoms with Crippen LogP contribution < -0.4 is 15.3 Å². The Morgan fingerprint density at radius 2 is 1.68 bits per heavy atom. The summed E-state index contributed by atoms with van der Waals surface area (Å²) in [5, 5.41) is 3.59. The standard InChI is InChI=1S/C29H26N2O3/c1-2-31-25-10-6-5-8-20(25)23-15-18(11-13-26(23)31)30-16-24-27(33-17-30)14-12-21-19-7-3-4-9-22(19)29(32)34-28(21)24/h5-6,8,10-15H,2-4,7,9,16-17H2,1H3. The molecule has 0 fully saturated rings. The number of anilines is 1. The highest BCUT2D eigenvalue weighted by atomic mass is 16.5. The van der Waals surface area contributed by atoms with Gasteiger partial charge in [0.25, 0.3) is 0 Å². The van der Waals surface area contributed by atoms with Crippen molar-refractivity contribution in [1.82, 2.24) is 4.57 Å². The second-order valence-corrected chi connectivity index (χ2v) is 9.41. The van der Waals surface area contributed by atoms with Crippen LogP contribution in [0.1, 0.15) is 36.5 Å². The van der Waals surface area contributed by atoms with Gasteiger partial charge in [-0.25, -0.2) is 4.79 Å². The Hall–Kier alpha value is -3.73. The van der Waals surface area contributed by atoms with Crippen molar-refractivity contribution in [3.8, 4) is 5.75 Å². The molecule has 5 heteroatoms. The van der Waals surface area contributed by atoms with Crippen molar-refractivity contribution >= 4 is 38.5 Å². The third-order valence-corrected chi connectivity index (χ3v) is 7.61. The number of benzene rings is 3. The fourth-order valence-corrected chi connectivity index (χ4v) is 5.96. The van der Waals surface area contributed by atoms with Crippen molar-refractivity contribution in [3.05, 3.63) is 81.7 Å². The summed E-state index contributed by atoms with van der Waals surface area (Å²) >= 11 is 0. The molecule has 7 rings (SSSR count). The summed E-state index contributed by atoms with van der Waals surface area (Å²) in [5.41, 5.74) is 7.12. The minimum atomic E-state index is -0.179. The van der Waals surface area contributed by atoms with Gasteiger partial charge in [-0.3, -0.25) is 0 Å². The van der Waals surface area contributed by atoms with Crippen LogP contribution in [-0.4, -0.2) is 11.3 Å². The van der Waals surface area contributed by atoms with E-state index in [1.165, 1.54) is 27.4 Å². The second kappa shape index (κ2) is 7.39. The first-order valence-electron chi connectivity index (χ1n) is 12.2. The zero-order valence-electron chi connectivity index (χ0n) is 19.3.